The van der Waals surface area contributed by atoms with Gasteiger partial charge in [0.1, 0.15) is 54.6 Å². The number of aliphatic hydroxyl groups is 8. The number of thioether (sulfide) groups is 1. The first-order valence-electron chi connectivity index (χ1n) is 13.4. The molecule has 1 rings (SSSR count). The van der Waals surface area contributed by atoms with E-state index in [4.69, 9.17) is 14.3 Å². The number of aliphatic hydroxyl groups excluding tert-OH is 8. The topological polar surface area (TPSA) is 248 Å². The number of Topliss-reactive ketones (excluding diaryl/α,β-unsaturated/α-hetero) is 1. The standard InChI is InChI=1S/C25H46N2O13S/c1-25(2,3)17(32)6-4-5-8-41-9-7-26-18(33)13-38-27-10-14(30)19(34)23(15(31)11-28)40-24-22(37)21(36)20(35)16(12-29)39-24/h10,14-16,19-24,28-31,34-37H,4-9,11-13H2,1-3H3,(H,26,33)/b27-10+/t14?,15?,16?,19-,20-,21+,22?,23-,24+/m1/s1. The minimum atomic E-state index is -1.96. The summed E-state index contributed by atoms with van der Waals surface area (Å²) < 4.78 is 10.4. The fraction of sp³-hybridized carbons (Fsp3) is 0.880. The Hall–Kier alpha value is -1.44. The van der Waals surface area contributed by atoms with Gasteiger partial charge in [-0.05, 0) is 18.6 Å². The maximum atomic E-state index is 11.9. The van der Waals surface area contributed by atoms with Crippen LogP contribution in [0.3, 0.4) is 0 Å². The van der Waals surface area contributed by atoms with Crippen LogP contribution in [0.2, 0.25) is 0 Å². The van der Waals surface area contributed by atoms with Crippen LogP contribution in [0, 0.1) is 5.41 Å². The first-order valence-corrected chi connectivity index (χ1v) is 14.5. The van der Waals surface area contributed by atoms with Crippen molar-refractivity contribution in [1.29, 1.82) is 0 Å². The van der Waals surface area contributed by atoms with Crippen LogP contribution < -0.4 is 5.32 Å². The van der Waals surface area contributed by atoms with Gasteiger partial charge in [0, 0.05) is 24.1 Å². The van der Waals surface area contributed by atoms with Crippen LogP contribution in [-0.4, -0.2) is 152 Å². The minimum Gasteiger partial charge on any atom is -0.394 e. The highest BCUT2D eigenvalue weighted by Crippen LogP contribution is 2.25. The number of carbonyl (C=O) groups excluding carboxylic acids is 2. The SMILES string of the molecule is CC(C)(C)C(=O)CCCCSCCNC(=O)CO/N=C/C(O)[C@@H](O)[C@H](O[C@@H]1OC(CO)[C@@H](O)[C@H](O)C1O)C(O)CO. The molecule has 1 aliphatic heterocycles. The summed E-state index contributed by atoms with van der Waals surface area (Å²) in [7, 11) is 0. The summed E-state index contributed by atoms with van der Waals surface area (Å²) in [5.74, 6) is 1.28. The van der Waals surface area contributed by atoms with E-state index in [1.54, 1.807) is 11.8 Å². The highest BCUT2D eigenvalue weighted by atomic mass is 32.2. The third-order valence-corrected chi connectivity index (χ3v) is 7.29. The van der Waals surface area contributed by atoms with Crippen molar-refractivity contribution in [2.24, 2.45) is 10.6 Å². The monoisotopic (exact) mass is 614 g/mol. The van der Waals surface area contributed by atoms with Gasteiger partial charge in [-0.1, -0.05) is 25.9 Å². The van der Waals surface area contributed by atoms with Gasteiger partial charge in [0.25, 0.3) is 5.91 Å². The van der Waals surface area contributed by atoms with Gasteiger partial charge in [0.2, 0.25) is 0 Å². The summed E-state index contributed by atoms with van der Waals surface area (Å²) in [6.45, 7) is 3.92. The Morgan fingerprint density at radius 2 is 1.73 bits per heavy atom. The Morgan fingerprint density at radius 3 is 2.34 bits per heavy atom. The molecule has 4 unspecified atom stereocenters. The van der Waals surface area contributed by atoms with E-state index >= 15 is 0 Å². The third kappa shape index (κ3) is 13.2. The van der Waals surface area contributed by atoms with Crippen LogP contribution in [0.1, 0.15) is 40.0 Å². The van der Waals surface area contributed by atoms with E-state index in [2.05, 4.69) is 10.5 Å². The Bertz CT molecular complexity index is 798. The summed E-state index contributed by atoms with van der Waals surface area (Å²) in [6.07, 6.45) is -12.8. The zero-order valence-corrected chi connectivity index (χ0v) is 24.4. The second-order valence-electron chi connectivity index (χ2n) is 10.6. The molecule has 1 fully saturated rings. The molecule has 0 aromatic rings. The van der Waals surface area contributed by atoms with Gasteiger partial charge in [-0.25, -0.2) is 0 Å². The van der Waals surface area contributed by atoms with Crippen molar-refractivity contribution in [3.05, 3.63) is 0 Å². The number of nitrogens with one attached hydrogen (secondary N) is 1. The number of ketones is 1. The summed E-state index contributed by atoms with van der Waals surface area (Å²) >= 11 is 1.64. The molecular weight excluding hydrogens is 568 g/mol. The van der Waals surface area contributed by atoms with Crippen molar-refractivity contribution in [3.63, 3.8) is 0 Å². The van der Waals surface area contributed by atoms with Crippen LogP contribution in [0.4, 0.5) is 0 Å². The molecule has 0 bridgehead atoms. The highest BCUT2D eigenvalue weighted by molar-refractivity contribution is 7.99. The van der Waals surface area contributed by atoms with Crippen molar-refractivity contribution >= 4 is 29.7 Å². The molecule has 41 heavy (non-hydrogen) atoms. The zero-order chi connectivity index (χ0) is 31.2. The van der Waals surface area contributed by atoms with Crippen LogP contribution in [-0.2, 0) is 23.9 Å². The fourth-order valence-electron chi connectivity index (χ4n) is 3.60. The molecule has 1 heterocycles. The first-order chi connectivity index (χ1) is 19.2. The minimum absolute atomic E-state index is 0.239. The lowest BCUT2D eigenvalue weighted by Crippen LogP contribution is -2.61. The molecule has 1 saturated heterocycles. The third-order valence-electron chi connectivity index (χ3n) is 6.22. The van der Waals surface area contributed by atoms with Crippen molar-refractivity contribution < 1.29 is 64.8 Å². The van der Waals surface area contributed by atoms with E-state index in [9.17, 15) is 50.4 Å². The van der Waals surface area contributed by atoms with Gasteiger partial charge < -0.3 is 60.5 Å². The van der Waals surface area contributed by atoms with Crippen LogP contribution in [0.5, 0.6) is 0 Å². The number of carbonyl (C=O) groups is 2. The summed E-state index contributed by atoms with van der Waals surface area (Å²) in [5.41, 5.74) is -0.321. The number of nitrogens with zero attached hydrogens (tertiary/aromatic N) is 1. The Balaban J connectivity index is 2.40. The Morgan fingerprint density at radius 1 is 1.05 bits per heavy atom. The molecule has 9 N–H and O–H groups in total. The van der Waals surface area contributed by atoms with Crippen molar-refractivity contribution in [3.8, 4) is 0 Å². The second-order valence-corrected chi connectivity index (χ2v) is 11.9. The van der Waals surface area contributed by atoms with E-state index in [0.717, 1.165) is 18.6 Å². The Labute approximate surface area is 243 Å². The lowest BCUT2D eigenvalue weighted by molar-refractivity contribution is -0.326. The highest BCUT2D eigenvalue weighted by Gasteiger charge is 2.46. The number of amides is 1. The molecule has 0 aromatic carbocycles. The Kier molecular flexibility index (Phi) is 17.4. The smallest absolute Gasteiger partial charge is 0.260 e. The molecule has 0 aliphatic carbocycles. The fourth-order valence-corrected chi connectivity index (χ4v) is 4.46. The van der Waals surface area contributed by atoms with E-state index in [-0.39, 0.29) is 11.2 Å². The summed E-state index contributed by atoms with van der Waals surface area (Å²) in [6, 6.07) is 0. The maximum Gasteiger partial charge on any atom is 0.260 e. The quantitative estimate of drug-likeness (QED) is 0.0397. The molecule has 0 spiro atoms. The molecule has 16 heteroatoms. The molecular formula is C25H46N2O13S. The van der Waals surface area contributed by atoms with Crippen molar-refractivity contribution in [2.75, 3.05) is 37.9 Å². The molecule has 1 aliphatic rings. The van der Waals surface area contributed by atoms with Gasteiger partial charge in [-0.2, -0.15) is 11.8 Å². The predicted octanol–water partition coefficient (Wildman–Crippen LogP) is -3.12. The number of rotatable bonds is 19. The van der Waals surface area contributed by atoms with E-state index in [1.807, 2.05) is 20.8 Å². The average Bonchev–Trinajstić information content (AvgIpc) is 2.93. The van der Waals surface area contributed by atoms with Crippen LogP contribution in [0.25, 0.3) is 0 Å². The van der Waals surface area contributed by atoms with Gasteiger partial charge in [0.05, 0.1) is 19.4 Å². The first kappa shape index (κ1) is 37.6. The maximum absolute atomic E-state index is 11.9. The molecule has 15 nitrogen and oxygen atoms in total. The number of hydrogen-bond donors (Lipinski definition) is 9. The molecule has 1 amide bonds. The van der Waals surface area contributed by atoms with E-state index < -0.39 is 80.8 Å². The molecule has 240 valence electrons. The average molecular weight is 615 g/mol. The summed E-state index contributed by atoms with van der Waals surface area (Å²) in [4.78, 5) is 28.6. The van der Waals surface area contributed by atoms with Crippen LogP contribution >= 0.6 is 11.8 Å². The lowest BCUT2D eigenvalue weighted by atomic mass is 9.88. The van der Waals surface area contributed by atoms with Gasteiger partial charge in [-0.3, -0.25) is 9.59 Å². The van der Waals surface area contributed by atoms with Crippen molar-refractivity contribution in [1.82, 2.24) is 5.32 Å². The second kappa shape index (κ2) is 19.0. The molecule has 0 radical (unpaired) electrons. The largest absolute Gasteiger partial charge is 0.394 e. The van der Waals surface area contributed by atoms with E-state index in [0.29, 0.717) is 24.9 Å². The molecule has 0 aromatic heterocycles. The number of unbranched alkanes of at least 4 members (excludes halogenated alkanes) is 1. The van der Waals surface area contributed by atoms with Crippen LogP contribution in [0.15, 0.2) is 5.16 Å². The summed E-state index contributed by atoms with van der Waals surface area (Å²) in [5, 5.41) is 85.2. The van der Waals surface area contributed by atoms with Gasteiger partial charge >= 0.3 is 0 Å². The molecule has 0 saturated carbocycles. The normalized spacial score (nSPS) is 26.4. The number of hydrogen-bond acceptors (Lipinski definition) is 15. The van der Waals surface area contributed by atoms with Gasteiger partial charge in [0.15, 0.2) is 12.9 Å². The number of ether oxygens (including phenoxy) is 2. The number of oxime groups is 1. The lowest BCUT2D eigenvalue weighted by Gasteiger charge is -2.42. The van der Waals surface area contributed by atoms with Gasteiger partial charge in [-0.15, -0.1) is 0 Å². The van der Waals surface area contributed by atoms with Crippen molar-refractivity contribution in [2.45, 2.75) is 95.2 Å². The molecule has 9 atom stereocenters. The zero-order valence-electron chi connectivity index (χ0n) is 23.6. The van der Waals surface area contributed by atoms with E-state index in [1.165, 1.54) is 0 Å². The predicted molar refractivity (Wildman–Crippen MR) is 147 cm³/mol.